The quantitative estimate of drug-likeness (QED) is 0.614. The second-order valence-electron chi connectivity index (χ2n) is 2.00. The summed E-state index contributed by atoms with van der Waals surface area (Å²) in [6.45, 7) is 2.52. The predicted octanol–water partition coefficient (Wildman–Crippen LogP) is 0.212. The number of hydrogen-bond acceptors (Lipinski definition) is 2. The van der Waals surface area contributed by atoms with E-state index in [4.69, 9.17) is 5.11 Å². The lowest BCUT2D eigenvalue weighted by Crippen LogP contribution is -2.43. The van der Waals surface area contributed by atoms with Gasteiger partial charge >= 0.3 is 12.1 Å². The summed E-state index contributed by atoms with van der Waals surface area (Å²) in [5, 5.41) is 9.91. The molecule has 70 valence electrons. The van der Waals surface area contributed by atoms with Crippen molar-refractivity contribution in [1.82, 2.24) is 5.32 Å². The highest BCUT2D eigenvalue weighted by Crippen LogP contribution is 2.14. The Balaban J connectivity index is 4.08. The summed E-state index contributed by atoms with van der Waals surface area (Å²) in [4.78, 5) is 10.2. The molecule has 0 aliphatic rings. The van der Waals surface area contributed by atoms with Gasteiger partial charge in [0.1, 0.15) is 0 Å². The number of hydrogen-bond donors (Lipinski definition) is 2. The Bertz CT molecular complexity index is 178. The van der Waals surface area contributed by atoms with E-state index in [0.29, 0.717) is 0 Å². The molecule has 0 unspecified atom stereocenters. The van der Waals surface area contributed by atoms with Crippen LogP contribution in [0.25, 0.3) is 0 Å². The molecule has 0 rings (SSSR count). The zero-order valence-electron chi connectivity index (χ0n) is 6.06. The van der Waals surface area contributed by atoms with Crippen LogP contribution in [0.1, 0.15) is 0 Å². The van der Waals surface area contributed by atoms with Crippen molar-refractivity contribution in [3.8, 4) is 0 Å². The van der Waals surface area contributed by atoms with E-state index in [0.717, 1.165) is 6.08 Å². The molecule has 0 heterocycles. The van der Waals surface area contributed by atoms with Crippen LogP contribution in [0.15, 0.2) is 12.7 Å². The SMILES string of the molecule is C=C[C@H](CO)NC(=O)C(F)(F)F. The molecule has 0 spiro atoms. The van der Waals surface area contributed by atoms with Gasteiger partial charge in [-0.2, -0.15) is 13.2 Å². The Morgan fingerprint density at radius 1 is 1.67 bits per heavy atom. The zero-order valence-corrected chi connectivity index (χ0v) is 6.06. The van der Waals surface area contributed by atoms with Gasteiger partial charge in [0.25, 0.3) is 0 Å². The second kappa shape index (κ2) is 4.10. The van der Waals surface area contributed by atoms with Crippen LogP contribution in [0.5, 0.6) is 0 Å². The summed E-state index contributed by atoms with van der Waals surface area (Å²) in [7, 11) is 0. The van der Waals surface area contributed by atoms with Crippen molar-refractivity contribution in [3.63, 3.8) is 0 Å². The monoisotopic (exact) mass is 183 g/mol. The molecule has 0 aliphatic heterocycles. The smallest absolute Gasteiger partial charge is 0.394 e. The molecule has 3 nitrogen and oxygen atoms in total. The Morgan fingerprint density at radius 2 is 2.17 bits per heavy atom. The molecular weight excluding hydrogens is 175 g/mol. The number of carbonyl (C=O) groups is 1. The summed E-state index contributed by atoms with van der Waals surface area (Å²) in [6, 6.07) is -1.06. The molecular formula is C6H8F3NO2. The lowest BCUT2D eigenvalue weighted by Gasteiger charge is -2.12. The first-order valence-electron chi connectivity index (χ1n) is 3.03. The molecule has 0 aromatic heterocycles. The van der Waals surface area contributed by atoms with E-state index in [1.807, 2.05) is 0 Å². The van der Waals surface area contributed by atoms with E-state index in [1.54, 1.807) is 0 Å². The van der Waals surface area contributed by atoms with Crippen LogP contribution >= 0.6 is 0 Å². The van der Waals surface area contributed by atoms with E-state index in [2.05, 4.69) is 6.58 Å². The number of alkyl halides is 3. The normalized spacial score (nSPS) is 13.7. The number of rotatable bonds is 3. The second-order valence-corrected chi connectivity index (χ2v) is 2.00. The highest BCUT2D eigenvalue weighted by atomic mass is 19.4. The Hall–Kier alpha value is -1.04. The molecule has 12 heavy (non-hydrogen) atoms. The third-order valence-electron chi connectivity index (χ3n) is 1.06. The lowest BCUT2D eigenvalue weighted by atomic mass is 10.3. The number of amides is 1. The van der Waals surface area contributed by atoms with Gasteiger partial charge in [0.2, 0.25) is 0 Å². The van der Waals surface area contributed by atoms with Crippen molar-refractivity contribution in [2.75, 3.05) is 6.61 Å². The van der Waals surface area contributed by atoms with Gasteiger partial charge in [-0.25, -0.2) is 0 Å². The molecule has 0 aromatic rings. The Labute approximate surface area is 66.9 Å². The number of halogens is 3. The van der Waals surface area contributed by atoms with Crippen molar-refractivity contribution in [2.45, 2.75) is 12.2 Å². The van der Waals surface area contributed by atoms with Crippen LogP contribution in [-0.2, 0) is 4.79 Å². The van der Waals surface area contributed by atoms with Gasteiger partial charge in [-0.1, -0.05) is 6.08 Å². The molecule has 0 aromatic carbocycles. The summed E-state index contributed by atoms with van der Waals surface area (Å²) in [5.41, 5.74) is 0. The summed E-state index contributed by atoms with van der Waals surface area (Å²) < 4.78 is 34.7. The summed E-state index contributed by atoms with van der Waals surface area (Å²) in [5.74, 6) is -2.08. The minimum absolute atomic E-state index is 0.606. The van der Waals surface area contributed by atoms with Crippen LogP contribution in [0.4, 0.5) is 13.2 Å². The topological polar surface area (TPSA) is 49.3 Å². The standard InChI is InChI=1S/C6H8F3NO2/c1-2-4(3-11)10-5(12)6(7,8)9/h2,4,11H,1,3H2,(H,10,12)/t4-/m1/s1. The van der Waals surface area contributed by atoms with Crippen molar-refractivity contribution in [1.29, 1.82) is 0 Å². The molecule has 6 heteroatoms. The first kappa shape index (κ1) is 11.0. The molecule has 0 saturated carbocycles. The van der Waals surface area contributed by atoms with E-state index >= 15 is 0 Å². The first-order chi connectivity index (χ1) is 5.41. The maximum atomic E-state index is 11.6. The van der Waals surface area contributed by atoms with Gasteiger partial charge in [0.05, 0.1) is 12.6 Å². The molecule has 1 atom stereocenters. The summed E-state index contributed by atoms with van der Waals surface area (Å²) in [6.07, 6.45) is -3.90. The highest BCUT2D eigenvalue weighted by molar-refractivity contribution is 5.82. The van der Waals surface area contributed by atoms with Crippen LogP contribution in [-0.4, -0.2) is 29.8 Å². The van der Waals surface area contributed by atoms with Crippen molar-refractivity contribution in [3.05, 3.63) is 12.7 Å². The molecule has 0 saturated heterocycles. The fourth-order valence-corrected chi connectivity index (χ4v) is 0.429. The Kier molecular flexibility index (Phi) is 3.75. The van der Waals surface area contributed by atoms with Gasteiger partial charge in [0, 0.05) is 0 Å². The average molecular weight is 183 g/mol. The first-order valence-corrected chi connectivity index (χ1v) is 3.03. The molecule has 1 amide bonds. The van der Waals surface area contributed by atoms with Gasteiger partial charge in [-0.3, -0.25) is 4.79 Å². The largest absolute Gasteiger partial charge is 0.471 e. The van der Waals surface area contributed by atoms with Crippen LogP contribution < -0.4 is 5.32 Å². The summed E-state index contributed by atoms with van der Waals surface area (Å²) >= 11 is 0. The number of nitrogens with one attached hydrogen (secondary N) is 1. The average Bonchev–Trinajstić information content (AvgIpc) is 1.97. The van der Waals surface area contributed by atoms with Crippen molar-refractivity contribution < 1.29 is 23.1 Å². The van der Waals surface area contributed by atoms with Gasteiger partial charge in [-0.05, 0) is 0 Å². The van der Waals surface area contributed by atoms with Crippen molar-refractivity contribution >= 4 is 5.91 Å². The van der Waals surface area contributed by atoms with Gasteiger partial charge in [0.15, 0.2) is 0 Å². The van der Waals surface area contributed by atoms with E-state index < -0.39 is 24.7 Å². The fourth-order valence-electron chi connectivity index (χ4n) is 0.429. The number of carbonyl (C=O) groups excluding carboxylic acids is 1. The van der Waals surface area contributed by atoms with E-state index in [1.165, 1.54) is 5.32 Å². The zero-order chi connectivity index (χ0) is 9.78. The van der Waals surface area contributed by atoms with E-state index in [-0.39, 0.29) is 0 Å². The predicted molar refractivity (Wildman–Crippen MR) is 35.3 cm³/mol. The third kappa shape index (κ3) is 3.38. The maximum Gasteiger partial charge on any atom is 0.471 e. The van der Waals surface area contributed by atoms with Crippen LogP contribution in [0.2, 0.25) is 0 Å². The maximum absolute atomic E-state index is 11.6. The minimum Gasteiger partial charge on any atom is -0.394 e. The van der Waals surface area contributed by atoms with Crippen LogP contribution in [0.3, 0.4) is 0 Å². The minimum atomic E-state index is -4.92. The molecule has 2 N–H and O–H groups in total. The highest BCUT2D eigenvalue weighted by Gasteiger charge is 2.39. The number of aliphatic hydroxyl groups excluding tert-OH is 1. The number of aliphatic hydroxyl groups is 1. The lowest BCUT2D eigenvalue weighted by molar-refractivity contribution is -0.174. The van der Waals surface area contributed by atoms with Crippen LogP contribution in [0, 0.1) is 0 Å². The molecule has 0 bridgehead atoms. The van der Waals surface area contributed by atoms with E-state index in [9.17, 15) is 18.0 Å². The fraction of sp³-hybridized carbons (Fsp3) is 0.500. The molecule has 0 fully saturated rings. The van der Waals surface area contributed by atoms with Crippen molar-refractivity contribution in [2.24, 2.45) is 0 Å². The Morgan fingerprint density at radius 3 is 2.42 bits per heavy atom. The molecule has 0 radical (unpaired) electrons. The van der Waals surface area contributed by atoms with Gasteiger partial charge in [-0.15, -0.1) is 6.58 Å². The third-order valence-corrected chi connectivity index (χ3v) is 1.06. The van der Waals surface area contributed by atoms with Gasteiger partial charge < -0.3 is 10.4 Å². The molecule has 0 aliphatic carbocycles.